The van der Waals surface area contributed by atoms with Crippen molar-refractivity contribution in [3.05, 3.63) is 35.5 Å². The number of ketones is 1. The number of hydrogen-bond acceptors (Lipinski definition) is 6. The average molecular weight is 358 g/mol. The fraction of sp³-hybridized carbons (Fsp3) is 0.474. The molecule has 2 fully saturated rings. The van der Waals surface area contributed by atoms with Gasteiger partial charge in [0, 0.05) is 50.3 Å². The second-order valence-electron chi connectivity index (χ2n) is 6.44. The molecule has 0 radical (unpaired) electrons. The Bertz CT molecular complexity index is 743. The first-order valence-corrected chi connectivity index (χ1v) is 9.63. The summed E-state index contributed by atoms with van der Waals surface area (Å²) >= 11 is 1.60. The lowest BCUT2D eigenvalue weighted by Crippen LogP contribution is -2.45. The van der Waals surface area contributed by atoms with Crippen LogP contribution in [0.2, 0.25) is 0 Å². The number of thiophene rings is 1. The smallest absolute Gasteiger partial charge is 0.172 e. The SMILES string of the molecule is CCC(=O)c1cc(-c2ccncc2)c(N2CCC3(CC2)OCCO3)s1. The Kier molecular flexibility index (Phi) is 4.58. The van der Waals surface area contributed by atoms with Crippen molar-refractivity contribution in [3.8, 4) is 11.1 Å². The number of hydrogen-bond donors (Lipinski definition) is 0. The minimum atomic E-state index is -0.382. The number of nitrogens with zero attached hydrogens (tertiary/aromatic N) is 2. The molecule has 6 heteroatoms. The quantitative estimate of drug-likeness (QED) is 0.779. The molecule has 0 amide bonds. The first-order chi connectivity index (χ1) is 12.2. The lowest BCUT2D eigenvalue weighted by molar-refractivity contribution is -0.169. The zero-order chi connectivity index (χ0) is 17.3. The van der Waals surface area contributed by atoms with E-state index in [0.717, 1.165) is 46.9 Å². The highest BCUT2D eigenvalue weighted by molar-refractivity contribution is 7.18. The molecule has 2 aliphatic rings. The van der Waals surface area contributed by atoms with Crippen molar-refractivity contribution in [1.29, 1.82) is 0 Å². The highest BCUT2D eigenvalue weighted by Crippen LogP contribution is 2.42. The summed E-state index contributed by atoms with van der Waals surface area (Å²) in [5, 5.41) is 1.16. The maximum Gasteiger partial charge on any atom is 0.172 e. The number of carbonyl (C=O) groups excluding carboxylic acids is 1. The molecular formula is C19H22N2O3S. The molecule has 0 atom stereocenters. The Morgan fingerprint density at radius 2 is 1.92 bits per heavy atom. The molecule has 2 saturated heterocycles. The van der Waals surface area contributed by atoms with Gasteiger partial charge in [-0.2, -0.15) is 0 Å². The minimum Gasteiger partial charge on any atom is -0.363 e. The molecule has 25 heavy (non-hydrogen) atoms. The van der Waals surface area contributed by atoms with E-state index in [2.05, 4.69) is 9.88 Å². The van der Waals surface area contributed by atoms with Gasteiger partial charge in [0.05, 0.1) is 23.1 Å². The minimum absolute atomic E-state index is 0.197. The Hall–Kier alpha value is -1.76. The summed E-state index contributed by atoms with van der Waals surface area (Å²) < 4.78 is 11.7. The molecule has 132 valence electrons. The number of rotatable bonds is 4. The predicted molar refractivity (Wildman–Crippen MR) is 98.3 cm³/mol. The van der Waals surface area contributed by atoms with E-state index in [4.69, 9.17) is 9.47 Å². The van der Waals surface area contributed by atoms with E-state index >= 15 is 0 Å². The number of piperidine rings is 1. The molecular weight excluding hydrogens is 336 g/mol. The molecule has 0 saturated carbocycles. The Labute approximate surface area is 151 Å². The van der Waals surface area contributed by atoms with Crippen LogP contribution in [0, 0.1) is 0 Å². The van der Waals surface area contributed by atoms with Crippen LogP contribution in [0.1, 0.15) is 35.9 Å². The van der Waals surface area contributed by atoms with Crippen LogP contribution in [-0.4, -0.2) is 42.9 Å². The van der Waals surface area contributed by atoms with E-state index in [-0.39, 0.29) is 11.6 Å². The lowest BCUT2D eigenvalue weighted by atomic mass is 10.0. The third-order valence-electron chi connectivity index (χ3n) is 4.93. The van der Waals surface area contributed by atoms with Crippen molar-refractivity contribution in [1.82, 2.24) is 4.98 Å². The van der Waals surface area contributed by atoms with Crippen molar-refractivity contribution in [3.63, 3.8) is 0 Å². The van der Waals surface area contributed by atoms with E-state index in [0.29, 0.717) is 19.6 Å². The summed E-state index contributed by atoms with van der Waals surface area (Å²) in [5.74, 6) is -0.186. The van der Waals surface area contributed by atoms with Crippen molar-refractivity contribution < 1.29 is 14.3 Å². The Balaban J connectivity index is 1.64. The molecule has 0 unspecified atom stereocenters. The molecule has 4 heterocycles. The topological polar surface area (TPSA) is 51.7 Å². The van der Waals surface area contributed by atoms with Gasteiger partial charge in [-0.05, 0) is 23.8 Å². The molecule has 0 aliphatic carbocycles. The molecule has 2 aromatic rings. The van der Waals surface area contributed by atoms with E-state index in [9.17, 15) is 4.79 Å². The lowest BCUT2D eigenvalue weighted by Gasteiger charge is -2.38. The maximum atomic E-state index is 12.2. The fourth-order valence-corrected chi connectivity index (χ4v) is 4.74. The molecule has 0 aromatic carbocycles. The average Bonchev–Trinajstić information content (AvgIpc) is 3.30. The summed E-state index contributed by atoms with van der Waals surface area (Å²) in [5.41, 5.74) is 2.22. The van der Waals surface area contributed by atoms with Crippen LogP contribution in [0.3, 0.4) is 0 Å². The number of ether oxygens (including phenoxy) is 2. The van der Waals surface area contributed by atoms with Gasteiger partial charge in [0.1, 0.15) is 0 Å². The first kappa shape index (κ1) is 16.7. The van der Waals surface area contributed by atoms with Crippen molar-refractivity contribution in [2.75, 3.05) is 31.2 Å². The predicted octanol–water partition coefficient (Wildman–Crippen LogP) is 3.75. The van der Waals surface area contributed by atoms with Crippen LogP contribution in [0.25, 0.3) is 11.1 Å². The van der Waals surface area contributed by atoms with Crippen LogP contribution >= 0.6 is 11.3 Å². The normalized spacial score (nSPS) is 19.5. The number of Topliss-reactive ketones (excluding diaryl/α,β-unsaturated/α-hetero) is 1. The first-order valence-electron chi connectivity index (χ1n) is 8.81. The molecule has 1 spiro atoms. The van der Waals surface area contributed by atoms with Gasteiger partial charge in [0.25, 0.3) is 0 Å². The number of anilines is 1. The third-order valence-corrected chi connectivity index (χ3v) is 6.16. The van der Waals surface area contributed by atoms with Crippen molar-refractivity contribution in [2.45, 2.75) is 32.0 Å². The molecule has 0 bridgehead atoms. The highest BCUT2D eigenvalue weighted by Gasteiger charge is 2.40. The summed E-state index contributed by atoms with van der Waals surface area (Å²) in [6.45, 7) is 5.04. The summed E-state index contributed by atoms with van der Waals surface area (Å²) in [6.07, 6.45) is 5.84. The second-order valence-corrected chi connectivity index (χ2v) is 7.47. The second kappa shape index (κ2) is 6.86. The zero-order valence-corrected chi connectivity index (χ0v) is 15.2. The van der Waals surface area contributed by atoms with Crippen LogP contribution in [0.5, 0.6) is 0 Å². The van der Waals surface area contributed by atoms with Crippen molar-refractivity contribution in [2.24, 2.45) is 0 Å². The van der Waals surface area contributed by atoms with Crippen LogP contribution < -0.4 is 4.90 Å². The van der Waals surface area contributed by atoms with Gasteiger partial charge < -0.3 is 14.4 Å². The van der Waals surface area contributed by atoms with E-state index < -0.39 is 0 Å². The van der Waals surface area contributed by atoms with Gasteiger partial charge in [-0.3, -0.25) is 9.78 Å². The van der Waals surface area contributed by atoms with Gasteiger partial charge >= 0.3 is 0 Å². The monoisotopic (exact) mass is 358 g/mol. The largest absolute Gasteiger partial charge is 0.363 e. The molecule has 2 aromatic heterocycles. The van der Waals surface area contributed by atoms with Gasteiger partial charge in [-0.15, -0.1) is 11.3 Å². The van der Waals surface area contributed by atoms with Gasteiger partial charge in [-0.25, -0.2) is 0 Å². The molecule has 4 rings (SSSR count). The molecule has 0 N–H and O–H groups in total. The van der Waals surface area contributed by atoms with Gasteiger partial charge in [-0.1, -0.05) is 6.92 Å². The molecule has 5 nitrogen and oxygen atoms in total. The number of aromatic nitrogens is 1. The Morgan fingerprint density at radius 3 is 2.56 bits per heavy atom. The highest BCUT2D eigenvalue weighted by atomic mass is 32.1. The van der Waals surface area contributed by atoms with E-state index in [1.54, 1.807) is 23.7 Å². The van der Waals surface area contributed by atoms with Crippen LogP contribution in [0.4, 0.5) is 5.00 Å². The van der Waals surface area contributed by atoms with E-state index in [1.165, 1.54) is 0 Å². The van der Waals surface area contributed by atoms with Crippen LogP contribution in [-0.2, 0) is 9.47 Å². The number of carbonyl (C=O) groups is 1. The zero-order valence-electron chi connectivity index (χ0n) is 14.4. The van der Waals surface area contributed by atoms with Gasteiger partial charge in [0.15, 0.2) is 11.6 Å². The van der Waals surface area contributed by atoms with E-state index in [1.807, 2.05) is 25.1 Å². The van der Waals surface area contributed by atoms with Crippen molar-refractivity contribution >= 4 is 22.1 Å². The fourth-order valence-electron chi connectivity index (χ4n) is 3.50. The maximum absolute atomic E-state index is 12.2. The summed E-state index contributed by atoms with van der Waals surface area (Å²) in [7, 11) is 0. The summed E-state index contributed by atoms with van der Waals surface area (Å²) in [4.78, 5) is 19.5. The number of pyridine rings is 1. The Morgan fingerprint density at radius 1 is 1.24 bits per heavy atom. The van der Waals surface area contributed by atoms with Crippen LogP contribution in [0.15, 0.2) is 30.6 Å². The summed E-state index contributed by atoms with van der Waals surface area (Å²) in [6, 6.07) is 6.04. The van der Waals surface area contributed by atoms with Gasteiger partial charge in [0.2, 0.25) is 0 Å². The standard InChI is InChI=1S/C19H22N2O3S/c1-2-16(22)17-13-15(14-3-7-20-8-4-14)18(25-17)21-9-5-19(6-10-21)23-11-12-24-19/h3-4,7-8,13H,2,5-6,9-12H2,1H3. The third kappa shape index (κ3) is 3.21. The molecule has 2 aliphatic heterocycles.